The fourth-order valence-electron chi connectivity index (χ4n) is 2.21. The molecule has 1 aliphatic carbocycles. The normalized spacial score (nSPS) is 31.0. The van der Waals surface area contributed by atoms with E-state index in [9.17, 15) is 0 Å². The van der Waals surface area contributed by atoms with Crippen LogP contribution in [0.2, 0.25) is 0 Å². The number of nitrogens with one attached hydrogen (secondary N) is 1. The van der Waals surface area contributed by atoms with Crippen molar-refractivity contribution in [3.05, 3.63) is 12.2 Å². The molecule has 1 aromatic heterocycles. The van der Waals surface area contributed by atoms with E-state index in [1.165, 1.54) is 12.8 Å². The zero-order chi connectivity index (χ0) is 10.3. The second-order valence-electron chi connectivity index (χ2n) is 4.38. The van der Waals surface area contributed by atoms with Gasteiger partial charge >= 0.3 is 0 Å². The van der Waals surface area contributed by atoms with Crippen LogP contribution in [-0.4, -0.2) is 34.5 Å². The first-order valence-electron chi connectivity index (χ1n) is 5.54. The van der Waals surface area contributed by atoms with Crippen LogP contribution in [-0.2, 0) is 4.74 Å². The average molecular weight is 208 g/mol. The Hall–Kier alpha value is -0.940. The van der Waals surface area contributed by atoms with E-state index in [1.54, 1.807) is 7.11 Å². The Balaban J connectivity index is 1.78. The first-order valence-corrected chi connectivity index (χ1v) is 5.54. The molecular formula is C10H16N4O. The Morgan fingerprint density at radius 1 is 1.53 bits per heavy atom. The monoisotopic (exact) mass is 208 g/mol. The Labute approximate surface area is 88.8 Å². The van der Waals surface area contributed by atoms with Gasteiger partial charge in [0.15, 0.2) is 0 Å². The highest BCUT2D eigenvalue weighted by Gasteiger charge is 2.33. The predicted octanol–water partition coefficient (Wildman–Crippen LogP) is 0.662. The van der Waals surface area contributed by atoms with Gasteiger partial charge in [0.2, 0.25) is 0 Å². The van der Waals surface area contributed by atoms with Crippen LogP contribution in [0.25, 0.3) is 0 Å². The van der Waals surface area contributed by atoms with E-state index < -0.39 is 0 Å². The summed E-state index contributed by atoms with van der Waals surface area (Å²) in [7, 11) is 1.76. The standard InChI is InChI=1S/C10H16N4O/c1-15-8-4-9(11-5-8)10-13-12-6-14(10)7-2-3-7/h6-9,11H,2-5H2,1H3. The van der Waals surface area contributed by atoms with Gasteiger partial charge in [-0.15, -0.1) is 10.2 Å². The summed E-state index contributed by atoms with van der Waals surface area (Å²) in [5, 5.41) is 11.7. The third-order valence-electron chi connectivity index (χ3n) is 3.28. The Kier molecular flexibility index (Phi) is 2.21. The highest BCUT2D eigenvalue weighted by molar-refractivity contribution is 5.03. The van der Waals surface area contributed by atoms with Crippen LogP contribution in [0.5, 0.6) is 0 Å². The second-order valence-corrected chi connectivity index (χ2v) is 4.38. The van der Waals surface area contributed by atoms with Crippen molar-refractivity contribution in [2.75, 3.05) is 13.7 Å². The molecule has 0 amide bonds. The van der Waals surface area contributed by atoms with Crippen LogP contribution >= 0.6 is 0 Å². The molecule has 0 aromatic carbocycles. The first-order chi connectivity index (χ1) is 7.38. The lowest BCUT2D eigenvalue weighted by atomic mass is 10.2. The zero-order valence-corrected chi connectivity index (χ0v) is 8.89. The molecule has 5 heteroatoms. The molecule has 0 bridgehead atoms. The topological polar surface area (TPSA) is 52.0 Å². The maximum atomic E-state index is 5.34. The van der Waals surface area contributed by atoms with Gasteiger partial charge in [-0.2, -0.15) is 0 Å². The number of nitrogens with zero attached hydrogens (tertiary/aromatic N) is 3. The minimum absolute atomic E-state index is 0.318. The lowest BCUT2D eigenvalue weighted by Gasteiger charge is -2.11. The summed E-state index contributed by atoms with van der Waals surface area (Å²) in [6, 6.07) is 0.969. The highest BCUT2D eigenvalue weighted by atomic mass is 16.5. The van der Waals surface area contributed by atoms with E-state index in [2.05, 4.69) is 20.1 Å². The minimum Gasteiger partial charge on any atom is -0.380 e. The number of aromatic nitrogens is 3. The number of hydrogen-bond acceptors (Lipinski definition) is 4. The van der Waals surface area contributed by atoms with E-state index in [0.29, 0.717) is 18.2 Å². The van der Waals surface area contributed by atoms with Gasteiger partial charge in [-0.1, -0.05) is 0 Å². The number of ether oxygens (including phenoxy) is 1. The van der Waals surface area contributed by atoms with Crippen molar-refractivity contribution in [2.45, 2.75) is 37.5 Å². The van der Waals surface area contributed by atoms with Crippen molar-refractivity contribution < 1.29 is 4.74 Å². The van der Waals surface area contributed by atoms with Gasteiger partial charge in [0.25, 0.3) is 0 Å². The summed E-state index contributed by atoms with van der Waals surface area (Å²) >= 11 is 0. The molecule has 2 fully saturated rings. The molecule has 0 radical (unpaired) electrons. The summed E-state index contributed by atoms with van der Waals surface area (Å²) in [6.45, 7) is 0.915. The van der Waals surface area contributed by atoms with Crippen molar-refractivity contribution in [2.24, 2.45) is 0 Å². The summed E-state index contributed by atoms with van der Waals surface area (Å²) in [5.74, 6) is 1.08. The molecule has 1 aromatic rings. The zero-order valence-electron chi connectivity index (χ0n) is 8.89. The van der Waals surface area contributed by atoms with Crippen molar-refractivity contribution in [1.82, 2.24) is 20.1 Å². The fraction of sp³-hybridized carbons (Fsp3) is 0.800. The molecule has 1 aliphatic heterocycles. The fourth-order valence-corrected chi connectivity index (χ4v) is 2.21. The highest BCUT2D eigenvalue weighted by Crippen LogP contribution is 2.37. The summed E-state index contributed by atoms with van der Waals surface area (Å²) in [6.07, 6.45) is 5.72. The molecule has 5 nitrogen and oxygen atoms in total. The molecule has 3 rings (SSSR count). The first kappa shape index (κ1) is 9.30. The van der Waals surface area contributed by atoms with Crippen molar-refractivity contribution in [3.8, 4) is 0 Å². The van der Waals surface area contributed by atoms with Crippen LogP contribution in [0.4, 0.5) is 0 Å². The summed E-state index contributed by atoms with van der Waals surface area (Å²) in [5.41, 5.74) is 0. The molecule has 82 valence electrons. The number of methoxy groups -OCH3 is 1. The third kappa shape index (κ3) is 1.66. The molecule has 2 atom stereocenters. The van der Waals surface area contributed by atoms with E-state index in [-0.39, 0.29) is 0 Å². The van der Waals surface area contributed by atoms with Gasteiger partial charge in [-0.3, -0.25) is 0 Å². The molecule has 1 saturated carbocycles. The Morgan fingerprint density at radius 3 is 3.07 bits per heavy atom. The second kappa shape index (κ2) is 3.57. The van der Waals surface area contributed by atoms with Crippen LogP contribution in [0, 0.1) is 0 Å². The lowest BCUT2D eigenvalue weighted by Crippen LogP contribution is -2.18. The van der Waals surface area contributed by atoms with Crippen LogP contribution in [0.3, 0.4) is 0 Å². The summed E-state index contributed by atoms with van der Waals surface area (Å²) in [4.78, 5) is 0. The number of hydrogen-bond donors (Lipinski definition) is 1. The van der Waals surface area contributed by atoms with Gasteiger partial charge in [0, 0.05) is 19.7 Å². The van der Waals surface area contributed by atoms with Crippen molar-refractivity contribution in [1.29, 1.82) is 0 Å². The molecule has 1 saturated heterocycles. The van der Waals surface area contributed by atoms with Crippen LogP contribution in [0.15, 0.2) is 6.33 Å². The number of rotatable bonds is 3. The van der Waals surface area contributed by atoms with Gasteiger partial charge in [0.05, 0.1) is 12.1 Å². The van der Waals surface area contributed by atoms with Crippen molar-refractivity contribution >= 4 is 0 Å². The molecule has 1 N–H and O–H groups in total. The minimum atomic E-state index is 0.318. The molecular weight excluding hydrogens is 192 g/mol. The van der Waals surface area contributed by atoms with E-state index >= 15 is 0 Å². The van der Waals surface area contributed by atoms with Gasteiger partial charge < -0.3 is 14.6 Å². The average Bonchev–Trinajstić information content (AvgIpc) is 2.83. The Bertz CT molecular complexity index is 347. The van der Waals surface area contributed by atoms with Gasteiger partial charge in [-0.25, -0.2) is 0 Å². The quantitative estimate of drug-likeness (QED) is 0.793. The van der Waals surface area contributed by atoms with Gasteiger partial charge in [-0.05, 0) is 19.3 Å². The van der Waals surface area contributed by atoms with Crippen LogP contribution < -0.4 is 5.32 Å². The molecule has 2 aliphatic rings. The third-order valence-corrected chi connectivity index (χ3v) is 3.28. The Morgan fingerprint density at radius 2 is 2.40 bits per heavy atom. The lowest BCUT2D eigenvalue weighted by molar-refractivity contribution is 0.117. The molecule has 2 heterocycles. The van der Waals surface area contributed by atoms with E-state index in [1.807, 2.05) is 6.33 Å². The summed E-state index contributed by atoms with van der Waals surface area (Å²) < 4.78 is 7.55. The van der Waals surface area contributed by atoms with Gasteiger partial charge in [0.1, 0.15) is 12.2 Å². The predicted molar refractivity (Wildman–Crippen MR) is 54.5 cm³/mol. The molecule has 0 spiro atoms. The largest absolute Gasteiger partial charge is 0.380 e. The van der Waals surface area contributed by atoms with Crippen LogP contribution in [0.1, 0.15) is 37.2 Å². The molecule has 2 unspecified atom stereocenters. The van der Waals surface area contributed by atoms with Crippen molar-refractivity contribution in [3.63, 3.8) is 0 Å². The SMILES string of the molecule is COC1CNC(c2nncn2C2CC2)C1. The van der Waals surface area contributed by atoms with E-state index in [4.69, 9.17) is 4.74 Å². The van der Waals surface area contributed by atoms with E-state index in [0.717, 1.165) is 18.8 Å². The maximum Gasteiger partial charge on any atom is 0.150 e. The smallest absolute Gasteiger partial charge is 0.150 e. The maximum absolute atomic E-state index is 5.34. The molecule has 15 heavy (non-hydrogen) atoms.